The van der Waals surface area contributed by atoms with Gasteiger partial charge in [0.25, 0.3) is 0 Å². The first kappa shape index (κ1) is 17.7. The standard InChI is InChI=1S/C20H14Cl2N4O/c1-20(11-13-2-4-14(12-23)5-3-13)18(27)26(19-24-6-7-25(19)20)17-9-15(21)8-16(22)10-17/h2-10H,11H2,1H3/q+1. The first-order valence-corrected chi connectivity index (χ1v) is 9.01. The number of carbonyl (C=O) groups is 1. The maximum atomic E-state index is 13.4. The van der Waals surface area contributed by atoms with Gasteiger partial charge in [0, 0.05) is 23.4 Å². The number of hydrogen-bond acceptors (Lipinski definition) is 4. The highest BCUT2D eigenvalue weighted by Gasteiger charge is 2.63. The second-order valence-corrected chi connectivity index (χ2v) is 7.50. The monoisotopic (exact) mass is 396 g/mol. The Bertz CT molecular complexity index is 1020. The van der Waals surface area contributed by atoms with Gasteiger partial charge in [-0.1, -0.05) is 40.2 Å². The van der Waals surface area contributed by atoms with Crippen LogP contribution in [-0.4, -0.2) is 17.4 Å². The molecule has 2 aliphatic rings. The van der Waals surface area contributed by atoms with E-state index in [0.717, 1.165) is 5.56 Å². The van der Waals surface area contributed by atoms with Gasteiger partial charge in [0.1, 0.15) is 0 Å². The molecule has 2 aliphatic heterocycles. The van der Waals surface area contributed by atoms with Gasteiger partial charge in [-0.2, -0.15) is 10.3 Å². The summed E-state index contributed by atoms with van der Waals surface area (Å²) in [6.45, 7) is 1.88. The first-order valence-electron chi connectivity index (χ1n) is 8.26. The van der Waals surface area contributed by atoms with Crippen LogP contribution in [0.3, 0.4) is 0 Å². The Labute approximate surface area is 166 Å². The van der Waals surface area contributed by atoms with Crippen molar-refractivity contribution < 1.29 is 4.79 Å². The van der Waals surface area contributed by atoms with Crippen molar-refractivity contribution in [3.63, 3.8) is 0 Å². The zero-order valence-electron chi connectivity index (χ0n) is 14.4. The number of amides is 1. The molecule has 4 rings (SSSR count). The molecular weight excluding hydrogens is 383 g/mol. The van der Waals surface area contributed by atoms with Crippen LogP contribution < -0.4 is 9.80 Å². The van der Waals surface area contributed by atoms with Gasteiger partial charge in [-0.15, -0.1) is 0 Å². The lowest BCUT2D eigenvalue weighted by Gasteiger charge is -2.19. The zero-order chi connectivity index (χ0) is 19.2. The van der Waals surface area contributed by atoms with E-state index in [1.807, 2.05) is 24.0 Å². The van der Waals surface area contributed by atoms with Crippen LogP contribution >= 0.6 is 23.2 Å². The van der Waals surface area contributed by atoms with E-state index < -0.39 is 5.54 Å². The van der Waals surface area contributed by atoms with E-state index in [1.165, 1.54) is 0 Å². The number of benzene rings is 2. The molecule has 2 aromatic carbocycles. The van der Waals surface area contributed by atoms with E-state index in [-0.39, 0.29) is 5.91 Å². The fourth-order valence-corrected chi connectivity index (χ4v) is 3.95. The van der Waals surface area contributed by atoms with E-state index in [1.54, 1.807) is 47.6 Å². The van der Waals surface area contributed by atoms with Crippen LogP contribution in [0.1, 0.15) is 18.1 Å². The van der Waals surface area contributed by atoms with Crippen LogP contribution in [0.25, 0.3) is 0 Å². The highest BCUT2D eigenvalue weighted by atomic mass is 35.5. The number of nitrogens with zero attached hydrogens (tertiary/aromatic N) is 4. The van der Waals surface area contributed by atoms with Crippen molar-refractivity contribution in [1.29, 1.82) is 5.26 Å². The fraction of sp³-hybridized carbons (Fsp3) is 0.150. The lowest BCUT2D eigenvalue weighted by molar-refractivity contribution is -0.122. The Morgan fingerprint density at radius 3 is 2.48 bits per heavy atom. The summed E-state index contributed by atoms with van der Waals surface area (Å²) in [5.41, 5.74) is 1.26. The molecule has 1 fully saturated rings. The Balaban J connectivity index is 1.73. The molecule has 2 heterocycles. The lowest BCUT2D eigenvalue weighted by atomic mass is 9.91. The Hall–Kier alpha value is -2.65. The molecular formula is C20H14Cl2N4O+. The lowest BCUT2D eigenvalue weighted by Crippen LogP contribution is -2.49. The number of anilines is 1. The predicted molar refractivity (Wildman–Crippen MR) is 106 cm³/mol. The second kappa shape index (κ2) is 6.50. The highest BCUT2D eigenvalue weighted by Crippen LogP contribution is 2.37. The smallest absolute Gasteiger partial charge is 0.266 e. The average molecular weight is 397 g/mol. The third-order valence-corrected chi connectivity index (χ3v) is 5.19. The molecule has 1 amide bonds. The predicted octanol–water partition coefficient (Wildman–Crippen LogP) is 4.19. The van der Waals surface area contributed by atoms with Gasteiger partial charge < -0.3 is 0 Å². The number of hydrogen-bond donors (Lipinski definition) is 0. The minimum atomic E-state index is -0.852. The molecule has 2 aromatic rings. The minimum absolute atomic E-state index is 0.117. The molecule has 0 N–H and O–H groups in total. The number of guanidine groups is 1. The van der Waals surface area contributed by atoms with Gasteiger partial charge in [0.05, 0.1) is 23.5 Å². The summed E-state index contributed by atoms with van der Waals surface area (Å²) >= 11 is 12.3. The molecule has 1 saturated heterocycles. The molecule has 1 radical (unpaired) electrons. The van der Waals surface area contributed by atoms with E-state index in [0.29, 0.717) is 33.7 Å². The Morgan fingerprint density at radius 2 is 1.85 bits per heavy atom. The summed E-state index contributed by atoms with van der Waals surface area (Å²) in [4.78, 5) is 21.2. The molecule has 1 atom stereocenters. The van der Waals surface area contributed by atoms with Gasteiger partial charge in [0.15, 0.2) is 6.20 Å². The van der Waals surface area contributed by atoms with Crippen LogP contribution in [0.4, 0.5) is 5.69 Å². The molecule has 0 aromatic heterocycles. The number of aliphatic imine (C=N–C) groups is 1. The average Bonchev–Trinajstić information content (AvgIpc) is 3.18. The van der Waals surface area contributed by atoms with Crippen LogP contribution in [-0.2, 0) is 11.2 Å². The maximum Gasteiger partial charge on any atom is 0.372 e. The molecule has 7 heteroatoms. The fourth-order valence-electron chi connectivity index (χ4n) is 3.44. The topological polar surface area (TPSA) is 62.4 Å². The van der Waals surface area contributed by atoms with Crippen LogP contribution in [0.2, 0.25) is 10.0 Å². The van der Waals surface area contributed by atoms with Crippen molar-refractivity contribution >= 4 is 40.8 Å². The van der Waals surface area contributed by atoms with Gasteiger partial charge >= 0.3 is 11.9 Å². The van der Waals surface area contributed by atoms with E-state index in [9.17, 15) is 4.79 Å². The number of rotatable bonds is 3. The number of carbonyl (C=O) groups excluding carboxylic acids is 1. The van der Waals surface area contributed by atoms with Crippen LogP contribution in [0.15, 0.2) is 59.9 Å². The van der Waals surface area contributed by atoms with Crippen molar-refractivity contribution in [2.75, 3.05) is 4.90 Å². The summed E-state index contributed by atoms with van der Waals surface area (Å²) in [5, 5.41) is 9.87. The molecule has 0 spiro atoms. The van der Waals surface area contributed by atoms with Crippen molar-refractivity contribution in [1.82, 2.24) is 4.90 Å². The molecule has 0 aliphatic carbocycles. The Morgan fingerprint density at radius 1 is 1.19 bits per heavy atom. The summed E-state index contributed by atoms with van der Waals surface area (Å²) in [5.74, 6) is 0.405. The van der Waals surface area contributed by atoms with Gasteiger partial charge in [-0.25, -0.2) is 4.90 Å². The van der Waals surface area contributed by atoms with Crippen molar-refractivity contribution in [2.24, 2.45) is 4.99 Å². The van der Waals surface area contributed by atoms with Crippen LogP contribution in [0.5, 0.6) is 0 Å². The summed E-state index contributed by atoms with van der Waals surface area (Å²) in [6, 6.07) is 14.3. The SMILES string of the molecule is CC1(Cc2ccc(C#N)cc2)C(=O)N(c2cc(Cl)cc(Cl)c2)C2=NC=C[N+]21. The second-order valence-electron chi connectivity index (χ2n) is 6.62. The summed E-state index contributed by atoms with van der Waals surface area (Å²) < 4.78 is 0. The van der Waals surface area contributed by atoms with Crippen molar-refractivity contribution in [2.45, 2.75) is 18.9 Å². The third kappa shape index (κ3) is 2.92. The Kier molecular flexibility index (Phi) is 4.27. The number of nitriles is 1. The van der Waals surface area contributed by atoms with E-state index >= 15 is 0 Å². The molecule has 0 saturated carbocycles. The quantitative estimate of drug-likeness (QED) is 0.729. The molecule has 27 heavy (non-hydrogen) atoms. The maximum absolute atomic E-state index is 13.4. The van der Waals surface area contributed by atoms with Crippen molar-refractivity contribution in [3.05, 3.63) is 76.0 Å². The minimum Gasteiger partial charge on any atom is -0.266 e. The number of fused-ring (bicyclic) bond motifs is 1. The van der Waals surface area contributed by atoms with Crippen molar-refractivity contribution in [3.8, 4) is 6.07 Å². The molecule has 133 valence electrons. The first-order chi connectivity index (χ1) is 12.9. The molecule has 0 bridgehead atoms. The molecule has 1 unspecified atom stereocenters. The third-order valence-electron chi connectivity index (χ3n) is 4.75. The zero-order valence-corrected chi connectivity index (χ0v) is 15.9. The largest absolute Gasteiger partial charge is 0.372 e. The van der Waals surface area contributed by atoms with E-state index in [4.69, 9.17) is 28.5 Å². The molecule has 5 nitrogen and oxygen atoms in total. The van der Waals surface area contributed by atoms with Gasteiger partial charge in [-0.3, -0.25) is 4.79 Å². The highest BCUT2D eigenvalue weighted by molar-refractivity contribution is 6.36. The van der Waals surface area contributed by atoms with Gasteiger partial charge in [-0.05, 0) is 35.9 Å². The summed E-state index contributed by atoms with van der Waals surface area (Å²) in [6.07, 6.45) is 3.92. The number of halogens is 2. The normalized spacial score (nSPS) is 21.3. The van der Waals surface area contributed by atoms with Gasteiger partial charge in [0.2, 0.25) is 5.54 Å². The summed E-state index contributed by atoms with van der Waals surface area (Å²) in [7, 11) is 0. The van der Waals surface area contributed by atoms with E-state index in [2.05, 4.69) is 11.1 Å². The van der Waals surface area contributed by atoms with Crippen LogP contribution in [0, 0.1) is 11.3 Å².